The molecular formula is C4H6N2O3. The van der Waals surface area contributed by atoms with Crippen LogP contribution >= 0.6 is 0 Å². The topological polar surface area (TPSA) is 71.2 Å². The van der Waals surface area contributed by atoms with E-state index in [1.165, 1.54) is 6.92 Å². The van der Waals surface area contributed by atoms with E-state index in [0.29, 0.717) is 0 Å². The van der Waals surface area contributed by atoms with Crippen molar-refractivity contribution in [2.45, 2.75) is 6.92 Å². The summed E-state index contributed by atoms with van der Waals surface area (Å²) in [6, 6.07) is 0. The van der Waals surface area contributed by atoms with Crippen LogP contribution < -0.4 is 0 Å². The molecule has 0 aromatic heterocycles. The lowest BCUT2D eigenvalue weighted by atomic mass is 10.8. The zero-order chi connectivity index (χ0) is 7.11. The van der Waals surface area contributed by atoms with E-state index in [1.807, 2.05) is 0 Å². The first kappa shape index (κ1) is 7.61. The molecular weight excluding hydrogens is 124 g/mol. The molecule has 0 aromatic carbocycles. The van der Waals surface area contributed by atoms with Crippen LogP contribution in [0.4, 0.5) is 0 Å². The second-order valence-electron chi connectivity index (χ2n) is 1.10. The van der Waals surface area contributed by atoms with E-state index in [4.69, 9.17) is 5.21 Å². The Labute approximate surface area is 51.6 Å². The van der Waals surface area contributed by atoms with Gasteiger partial charge in [-0.2, -0.15) is 0 Å². The van der Waals surface area contributed by atoms with Crippen LogP contribution in [0, 0.1) is 0 Å². The number of carbonyl (C=O) groups is 1. The van der Waals surface area contributed by atoms with Crippen LogP contribution in [0.5, 0.6) is 0 Å². The number of hydrogen-bond acceptors (Lipinski definition) is 5. The molecule has 1 N–H and O–H groups in total. The largest absolute Gasteiger partial charge is 0.411 e. The molecule has 0 spiro atoms. The molecule has 0 rings (SSSR count). The molecule has 0 aliphatic rings. The standard InChI is InChI=1S/C4H6N2O3/c1-4(7)9-6-3-2-5-8/h2-3,8H,1H3. The minimum Gasteiger partial charge on any atom is -0.411 e. The molecule has 0 aromatic rings. The van der Waals surface area contributed by atoms with Gasteiger partial charge in [-0.3, -0.25) is 0 Å². The molecule has 0 unspecified atom stereocenters. The van der Waals surface area contributed by atoms with Crippen LogP contribution in [0.25, 0.3) is 0 Å². The second-order valence-corrected chi connectivity index (χ2v) is 1.10. The summed E-state index contributed by atoms with van der Waals surface area (Å²) < 4.78 is 0. The highest BCUT2D eigenvalue weighted by Crippen LogP contribution is 1.72. The normalized spacial score (nSPS) is 10.8. The predicted molar refractivity (Wildman–Crippen MR) is 30.5 cm³/mol. The van der Waals surface area contributed by atoms with E-state index < -0.39 is 5.97 Å². The quantitative estimate of drug-likeness (QED) is 0.247. The Morgan fingerprint density at radius 2 is 2.33 bits per heavy atom. The number of carbonyl (C=O) groups excluding carboxylic acids is 1. The first-order valence-electron chi connectivity index (χ1n) is 2.14. The zero-order valence-electron chi connectivity index (χ0n) is 4.81. The summed E-state index contributed by atoms with van der Waals surface area (Å²) in [5.74, 6) is -0.516. The maximum Gasteiger partial charge on any atom is 0.331 e. The van der Waals surface area contributed by atoms with Crippen molar-refractivity contribution >= 4 is 18.4 Å². The van der Waals surface area contributed by atoms with Crippen molar-refractivity contribution in [3.8, 4) is 0 Å². The maximum atomic E-state index is 9.96. The summed E-state index contributed by atoms with van der Waals surface area (Å²) >= 11 is 0. The van der Waals surface area contributed by atoms with Gasteiger partial charge in [0.2, 0.25) is 0 Å². The summed E-state index contributed by atoms with van der Waals surface area (Å²) in [4.78, 5) is 14.0. The van der Waals surface area contributed by atoms with Crippen molar-refractivity contribution in [3.05, 3.63) is 0 Å². The van der Waals surface area contributed by atoms with Gasteiger partial charge in [0, 0.05) is 6.92 Å². The van der Waals surface area contributed by atoms with Crippen molar-refractivity contribution in [1.82, 2.24) is 0 Å². The van der Waals surface area contributed by atoms with Gasteiger partial charge >= 0.3 is 5.97 Å². The third-order valence-corrected chi connectivity index (χ3v) is 0.375. The summed E-state index contributed by atoms with van der Waals surface area (Å²) in [5, 5.41) is 13.4. The highest BCUT2D eigenvalue weighted by Gasteiger charge is 1.83. The van der Waals surface area contributed by atoms with Crippen molar-refractivity contribution in [1.29, 1.82) is 0 Å². The average Bonchev–Trinajstić information content (AvgIpc) is 1.80. The lowest BCUT2D eigenvalue weighted by Gasteiger charge is -1.83. The van der Waals surface area contributed by atoms with Crippen LogP contribution in [-0.2, 0) is 9.63 Å². The van der Waals surface area contributed by atoms with E-state index in [0.717, 1.165) is 12.4 Å². The molecule has 0 heterocycles. The average molecular weight is 130 g/mol. The predicted octanol–water partition coefficient (Wildman–Crippen LogP) is -0.00470. The van der Waals surface area contributed by atoms with Crippen LogP contribution in [0.3, 0.4) is 0 Å². The SMILES string of the molecule is CC(=O)ON=CC=NO. The smallest absolute Gasteiger partial charge is 0.331 e. The first-order valence-corrected chi connectivity index (χ1v) is 2.14. The molecule has 0 fully saturated rings. The van der Waals surface area contributed by atoms with E-state index in [-0.39, 0.29) is 0 Å². The van der Waals surface area contributed by atoms with Crippen LogP contribution in [0.15, 0.2) is 10.3 Å². The van der Waals surface area contributed by atoms with E-state index in [1.54, 1.807) is 0 Å². The first-order chi connectivity index (χ1) is 4.27. The molecule has 0 amide bonds. The third kappa shape index (κ3) is 6.61. The van der Waals surface area contributed by atoms with Gasteiger partial charge in [0.1, 0.15) is 0 Å². The third-order valence-electron chi connectivity index (χ3n) is 0.375. The fourth-order valence-corrected chi connectivity index (χ4v) is 0.162. The summed E-state index contributed by atoms with van der Waals surface area (Å²) in [6.45, 7) is 1.22. The Morgan fingerprint density at radius 1 is 1.67 bits per heavy atom. The molecule has 0 aliphatic carbocycles. The lowest BCUT2D eigenvalue weighted by molar-refractivity contribution is -0.140. The van der Waals surface area contributed by atoms with Crippen molar-refractivity contribution in [3.63, 3.8) is 0 Å². The number of rotatable bonds is 2. The van der Waals surface area contributed by atoms with E-state index in [9.17, 15) is 4.79 Å². The lowest BCUT2D eigenvalue weighted by Crippen LogP contribution is -1.90. The number of nitrogens with zero attached hydrogens (tertiary/aromatic N) is 2. The van der Waals surface area contributed by atoms with Gasteiger partial charge in [0.25, 0.3) is 0 Å². The zero-order valence-corrected chi connectivity index (χ0v) is 4.81. The molecule has 9 heavy (non-hydrogen) atoms. The number of oxime groups is 2. The summed E-state index contributed by atoms with van der Waals surface area (Å²) in [7, 11) is 0. The van der Waals surface area contributed by atoms with Gasteiger partial charge in [-0.15, -0.1) is 0 Å². The van der Waals surface area contributed by atoms with Gasteiger partial charge in [-0.1, -0.05) is 10.3 Å². The molecule has 50 valence electrons. The molecule has 0 bridgehead atoms. The fraction of sp³-hybridized carbons (Fsp3) is 0.250. The fourth-order valence-electron chi connectivity index (χ4n) is 0.162. The van der Waals surface area contributed by atoms with Gasteiger partial charge in [-0.25, -0.2) is 4.79 Å². The van der Waals surface area contributed by atoms with Crippen molar-refractivity contribution in [2.75, 3.05) is 0 Å². The Hall–Kier alpha value is -1.39. The van der Waals surface area contributed by atoms with Gasteiger partial charge < -0.3 is 10.0 Å². The van der Waals surface area contributed by atoms with Gasteiger partial charge in [0.05, 0.1) is 12.4 Å². The van der Waals surface area contributed by atoms with Crippen molar-refractivity contribution < 1.29 is 14.8 Å². The molecule has 0 radical (unpaired) electrons. The highest BCUT2D eigenvalue weighted by molar-refractivity contribution is 6.15. The Bertz CT molecular complexity index is 141. The minimum atomic E-state index is -0.516. The Kier molecular flexibility index (Phi) is 4.03. The molecule has 0 saturated heterocycles. The van der Waals surface area contributed by atoms with E-state index in [2.05, 4.69) is 15.1 Å². The van der Waals surface area contributed by atoms with E-state index >= 15 is 0 Å². The Balaban J connectivity index is 3.36. The Morgan fingerprint density at radius 3 is 2.78 bits per heavy atom. The molecule has 5 nitrogen and oxygen atoms in total. The maximum absolute atomic E-state index is 9.96. The minimum absolute atomic E-state index is 0.516. The molecule has 5 heteroatoms. The van der Waals surface area contributed by atoms with Crippen LogP contribution in [0.2, 0.25) is 0 Å². The van der Waals surface area contributed by atoms with Crippen LogP contribution in [0.1, 0.15) is 6.92 Å². The number of hydrogen-bond donors (Lipinski definition) is 1. The van der Waals surface area contributed by atoms with Gasteiger partial charge in [0.15, 0.2) is 0 Å². The monoisotopic (exact) mass is 130 g/mol. The summed E-state index contributed by atoms with van der Waals surface area (Å²) in [5.41, 5.74) is 0. The molecule has 0 aliphatic heterocycles. The van der Waals surface area contributed by atoms with Crippen LogP contribution in [-0.4, -0.2) is 23.6 Å². The molecule has 0 atom stereocenters. The second kappa shape index (κ2) is 4.76. The molecule has 0 saturated carbocycles. The highest BCUT2D eigenvalue weighted by atomic mass is 16.7. The van der Waals surface area contributed by atoms with Gasteiger partial charge in [-0.05, 0) is 0 Å². The van der Waals surface area contributed by atoms with Crippen molar-refractivity contribution in [2.24, 2.45) is 10.3 Å². The summed E-state index contributed by atoms with van der Waals surface area (Å²) in [6.07, 6.45) is 2.02.